The lowest BCUT2D eigenvalue weighted by Gasteiger charge is -2.14. The fraction of sp³-hybridized carbons (Fsp3) is 0.400. The number of benzene rings is 1. The van der Waals surface area contributed by atoms with Gasteiger partial charge in [0.05, 0.1) is 6.61 Å². The first kappa shape index (κ1) is 18.7. The van der Waals surface area contributed by atoms with Crippen LogP contribution < -0.4 is 11.1 Å². The quantitative estimate of drug-likeness (QED) is 0.354. The number of ether oxygens (including phenoxy) is 1. The van der Waals surface area contributed by atoms with Crippen LogP contribution >= 0.6 is 24.0 Å². The third kappa shape index (κ3) is 5.80. The average Bonchev–Trinajstić information content (AvgIpc) is 2.38. The molecule has 0 saturated heterocycles. The molecule has 0 aromatic heterocycles. The summed E-state index contributed by atoms with van der Waals surface area (Å²) < 4.78 is 5.14. The topological polar surface area (TPSA) is 59.6 Å². The van der Waals surface area contributed by atoms with Crippen molar-refractivity contribution in [1.29, 1.82) is 0 Å². The monoisotopic (exact) mass is 387 g/mol. The highest BCUT2D eigenvalue weighted by atomic mass is 127. The largest absolute Gasteiger partial charge is 0.380 e. The Morgan fingerprint density at radius 2 is 2.10 bits per heavy atom. The fourth-order valence-electron chi connectivity index (χ4n) is 1.62. The van der Waals surface area contributed by atoms with E-state index in [1.54, 1.807) is 7.11 Å². The van der Waals surface area contributed by atoms with Crippen molar-refractivity contribution in [1.82, 2.24) is 0 Å². The molecule has 0 spiro atoms. The number of anilines is 1. The van der Waals surface area contributed by atoms with Gasteiger partial charge in [-0.05, 0) is 12.0 Å². The lowest BCUT2D eigenvalue weighted by Crippen LogP contribution is -2.27. The van der Waals surface area contributed by atoms with E-state index in [1.807, 2.05) is 38.1 Å². The van der Waals surface area contributed by atoms with E-state index >= 15 is 0 Å². The van der Waals surface area contributed by atoms with Gasteiger partial charge < -0.3 is 15.8 Å². The summed E-state index contributed by atoms with van der Waals surface area (Å²) in [4.78, 5) is 4.30. The van der Waals surface area contributed by atoms with Crippen molar-refractivity contribution in [2.45, 2.75) is 26.5 Å². The predicted molar refractivity (Wildman–Crippen MR) is 95.3 cm³/mol. The molecule has 1 atom stereocenters. The van der Waals surface area contributed by atoms with Gasteiger partial charge in [-0.3, -0.25) is 0 Å². The number of guanidine groups is 1. The molecule has 0 aliphatic heterocycles. The minimum absolute atomic E-state index is 0. The van der Waals surface area contributed by atoms with Crippen molar-refractivity contribution in [3.8, 4) is 12.3 Å². The molecule has 0 amide bonds. The summed E-state index contributed by atoms with van der Waals surface area (Å²) in [5, 5.41) is 3.07. The van der Waals surface area contributed by atoms with Crippen LogP contribution in [-0.2, 0) is 11.3 Å². The smallest absolute Gasteiger partial charge is 0.194 e. The first-order valence-electron chi connectivity index (χ1n) is 6.21. The van der Waals surface area contributed by atoms with Gasteiger partial charge >= 0.3 is 0 Å². The highest BCUT2D eigenvalue weighted by molar-refractivity contribution is 14.0. The number of aliphatic imine (C=N–C) groups is 1. The number of nitrogens with zero attached hydrogens (tertiary/aromatic N) is 1. The number of para-hydroxylation sites is 1. The fourth-order valence-corrected chi connectivity index (χ4v) is 1.62. The summed E-state index contributed by atoms with van der Waals surface area (Å²) in [6.45, 7) is 4.54. The van der Waals surface area contributed by atoms with Crippen LogP contribution in [0.25, 0.3) is 0 Å². The Labute approximate surface area is 138 Å². The Morgan fingerprint density at radius 3 is 2.65 bits per heavy atom. The Kier molecular flexibility index (Phi) is 9.01. The zero-order chi connectivity index (χ0) is 14.3. The molecule has 1 aromatic rings. The molecule has 5 heteroatoms. The lowest BCUT2D eigenvalue weighted by molar-refractivity contribution is 0.185. The number of terminal acetylenes is 1. The van der Waals surface area contributed by atoms with Crippen LogP contribution in [-0.4, -0.2) is 19.1 Å². The maximum absolute atomic E-state index is 5.89. The van der Waals surface area contributed by atoms with Crippen LogP contribution in [0.2, 0.25) is 0 Å². The number of hydrogen-bond donors (Lipinski definition) is 2. The molecule has 3 N–H and O–H groups in total. The van der Waals surface area contributed by atoms with Gasteiger partial charge in [-0.1, -0.05) is 38.0 Å². The van der Waals surface area contributed by atoms with Crippen molar-refractivity contribution in [3.05, 3.63) is 29.8 Å². The van der Waals surface area contributed by atoms with Crippen LogP contribution in [0.1, 0.15) is 19.4 Å². The summed E-state index contributed by atoms with van der Waals surface area (Å²) >= 11 is 0. The number of methoxy groups -OCH3 is 1. The molecule has 0 radical (unpaired) electrons. The van der Waals surface area contributed by atoms with E-state index in [2.05, 4.69) is 16.2 Å². The number of nitrogens with two attached hydrogens (primary N) is 1. The maximum atomic E-state index is 5.89. The van der Waals surface area contributed by atoms with Crippen LogP contribution in [0.5, 0.6) is 0 Å². The van der Waals surface area contributed by atoms with Gasteiger partial charge in [0.25, 0.3) is 0 Å². The lowest BCUT2D eigenvalue weighted by atomic mass is 10.1. The van der Waals surface area contributed by atoms with Gasteiger partial charge in [-0.15, -0.1) is 30.4 Å². The standard InChI is InChI=1S/C15H21N3O.HI/c1-5-13(11(2)3)17-15(16)18-14-9-7-6-8-12(14)10-19-4;/h1,6-9,11,13H,10H2,2-4H3,(H3,16,17,18);1H. The van der Waals surface area contributed by atoms with Gasteiger partial charge in [0, 0.05) is 18.4 Å². The second-order valence-electron chi connectivity index (χ2n) is 4.59. The predicted octanol–water partition coefficient (Wildman–Crippen LogP) is 2.84. The molecule has 4 nitrogen and oxygen atoms in total. The van der Waals surface area contributed by atoms with Crippen molar-refractivity contribution in [2.75, 3.05) is 12.4 Å². The van der Waals surface area contributed by atoms with E-state index in [-0.39, 0.29) is 35.9 Å². The zero-order valence-corrected chi connectivity index (χ0v) is 14.4. The first-order valence-corrected chi connectivity index (χ1v) is 6.21. The maximum Gasteiger partial charge on any atom is 0.194 e. The molecule has 0 aliphatic rings. The Bertz CT molecular complexity index is 480. The molecule has 1 rings (SSSR count). The molecule has 1 unspecified atom stereocenters. The minimum atomic E-state index is -0.220. The Hall–Kier alpha value is -1.26. The van der Waals surface area contributed by atoms with Gasteiger partial charge in [0.15, 0.2) is 5.96 Å². The highest BCUT2D eigenvalue weighted by Crippen LogP contribution is 2.15. The number of nitrogens with one attached hydrogen (secondary N) is 1. The molecule has 110 valence electrons. The van der Waals surface area contributed by atoms with Crippen molar-refractivity contribution < 1.29 is 4.74 Å². The van der Waals surface area contributed by atoms with Crippen molar-refractivity contribution in [3.63, 3.8) is 0 Å². The molecule has 0 fully saturated rings. The molecule has 0 bridgehead atoms. The van der Waals surface area contributed by atoms with Crippen LogP contribution in [0.15, 0.2) is 29.3 Å². The molecule has 0 saturated carbocycles. The van der Waals surface area contributed by atoms with Crippen LogP contribution in [0.4, 0.5) is 5.69 Å². The summed E-state index contributed by atoms with van der Waals surface area (Å²) in [6.07, 6.45) is 5.43. The summed E-state index contributed by atoms with van der Waals surface area (Å²) in [7, 11) is 1.65. The van der Waals surface area contributed by atoms with Crippen LogP contribution in [0, 0.1) is 18.3 Å². The van der Waals surface area contributed by atoms with E-state index < -0.39 is 0 Å². The van der Waals surface area contributed by atoms with E-state index in [1.165, 1.54) is 0 Å². The third-order valence-electron chi connectivity index (χ3n) is 2.66. The summed E-state index contributed by atoms with van der Waals surface area (Å²) in [5.74, 6) is 3.19. The third-order valence-corrected chi connectivity index (χ3v) is 2.66. The molecule has 1 aromatic carbocycles. The molecule has 0 aliphatic carbocycles. The first-order chi connectivity index (χ1) is 9.08. The molecule has 0 heterocycles. The van der Waals surface area contributed by atoms with E-state index in [4.69, 9.17) is 16.9 Å². The minimum Gasteiger partial charge on any atom is -0.380 e. The Morgan fingerprint density at radius 1 is 1.45 bits per heavy atom. The second kappa shape index (κ2) is 9.61. The van der Waals surface area contributed by atoms with Gasteiger partial charge in [-0.2, -0.15) is 0 Å². The number of rotatable bonds is 5. The molecular weight excluding hydrogens is 365 g/mol. The number of hydrogen-bond acceptors (Lipinski definition) is 2. The summed E-state index contributed by atoms with van der Waals surface area (Å²) in [6, 6.07) is 7.56. The van der Waals surface area contributed by atoms with Crippen LogP contribution in [0.3, 0.4) is 0 Å². The summed E-state index contributed by atoms with van der Waals surface area (Å²) in [5.41, 5.74) is 7.79. The highest BCUT2D eigenvalue weighted by Gasteiger charge is 2.09. The normalized spacial score (nSPS) is 12.4. The zero-order valence-electron chi connectivity index (χ0n) is 12.1. The Balaban J connectivity index is 0.00000361. The average molecular weight is 387 g/mol. The van der Waals surface area contributed by atoms with Crippen molar-refractivity contribution >= 4 is 35.6 Å². The van der Waals surface area contributed by atoms with Gasteiger partial charge in [0.2, 0.25) is 0 Å². The van der Waals surface area contributed by atoms with E-state index in [9.17, 15) is 0 Å². The molecule has 20 heavy (non-hydrogen) atoms. The van der Waals surface area contributed by atoms with E-state index in [0.717, 1.165) is 11.3 Å². The number of halogens is 1. The van der Waals surface area contributed by atoms with Gasteiger partial charge in [0.1, 0.15) is 6.04 Å². The van der Waals surface area contributed by atoms with Crippen molar-refractivity contribution in [2.24, 2.45) is 16.6 Å². The SMILES string of the molecule is C#CC(N=C(N)Nc1ccccc1COC)C(C)C.I. The van der Waals surface area contributed by atoms with E-state index in [0.29, 0.717) is 12.6 Å². The van der Waals surface area contributed by atoms with Gasteiger partial charge in [-0.25, -0.2) is 4.99 Å². The second-order valence-corrected chi connectivity index (χ2v) is 4.59. The molecular formula is C15H22IN3O.